The summed E-state index contributed by atoms with van der Waals surface area (Å²) in [4.78, 5) is 12.2. The van der Waals surface area contributed by atoms with Gasteiger partial charge in [0, 0.05) is 15.0 Å². The van der Waals surface area contributed by atoms with E-state index in [4.69, 9.17) is 0 Å². The Labute approximate surface area is 125 Å². The predicted octanol–water partition coefficient (Wildman–Crippen LogP) is 4.66. The van der Waals surface area contributed by atoms with E-state index in [9.17, 15) is 4.79 Å². The number of nitrogens with one attached hydrogen (secondary N) is 1. The molecule has 0 bridgehead atoms. The first-order chi connectivity index (χ1) is 8.66. The maximum Gasteiger partial charge on any atom is 0.252 e. The van der Waals surface area contributed by atoms with E-state index in [0.717, 1.165) is 21.8 Å². The topological polar surface area (TPSA) is 29.1 Å². The van der Waals surface area contributed by atoms with Crippen LogP contribution in [0.2, 0.25) is 0 Å². The molecule has 1 saturated carbocycles. The van der Waals surface area contributed by atoms with Gasteiger partial charge in [0.05, 0.1) is 5.56 Å². The highest BCUT2D eigenvalue weighted by atomic mass is 79.9. The van der Waals surface area contributed by atoms with Crippen molar-refractivity contribution in [2.45, 2.75) is 44.6 Å². The minimum absolute atomic E-state index is 0.0290. The van der Waals surface area contributed by atoms with Gasteiger partial charge in [0.25, 0.3) is 5.91 Å². The third-order valence-electron chi connectivity index (χ3n) is 3.37. The standard InChI is InChI=1S/C14H17Br2NO/c15-10-7-8-12(13(16)9-10)14(18)17-11-5-3-1-2-4-6-11/h7-9,11H,1-6H2,(H,17,18). The smallest absolute Gasteiger partial charge is 0.252 e. The molecular formula is C14H17Br2NO. The summed E-state index contributed by atoms with van der Waals surface area (Å²) < 4.78 is 1.81. The van der Waals surface area contributed by atoms with Crippen LogP contribution < -0.4 is 5.32 Å². The van der Waals surface area contributed by atoms with Crippen LogP contribution in [0.1, 0.15) is 48.9 Å². The lowest BCUT2D eigenvalue weighted by Crippen LogP contribution is -2.34. The minimum Gasteiger partial charge on any atom is -0.349 e. The molecule has 1 fully saturated rings. The molecule has 0 heterocycles. The average molecular weight is 375 g/mol. The monoisotopic (exact) mass is 373 g/mol. The fraction of sp³-hybridized carbons (Fsp3) is 0.500. The van der Waals surface area contributed by atoms with Gasteiger partial charge in [-0.3, -0.25) is 4.79 Å². The van der Waals surface area contributed by atoms with E-state index in [0.29, 0.717) is 11.6 Å². The van der Waals surface area contributed by atoms with Gasteiger partial charge in [-0.05, 0) is 47.0 Å². The summed E-state index contributed by atoms with van der Waals surface area (Å²) in [7, 11) is 0. The van der Waals surface area contributed by atoms with Gasteiger partial charge in [-0.25, -0.2) is 0 Å². The molecular weight excluding hydrogens is 358 g/mol. The Morgan fingerprint density at radius 3 is 2.39 bits per heavy atom. The van der Waals surface area contributed by atoms with Crippen molar-refractivity contribution in [2.24, 2.45) is 0 Å². The molecule has 4 heteroatoms. The normalized spacial score (nSPS) is 17.2. The molecule has 2 rings (SSSR count). The van der Waals surface area contributed by atoms with Gasteiger partial charge in [-0.1, -0.05) is 41.6 Å². The van der Waals surface area contributed by atoms with Crippen molar-refractivity contribution in [3.8, 4) is 0 Å². The second-order valence-electron chi connectivity index (χ2n) is 4.79. The summed E-state index contributed by atoms with van der Waals surface area (Å²) in [5.41, 5.74) is 0.711. The van der Waals surface area contributed by atoms with Crippen molar-refractivity contribution < 1.29 is 4.79 Å². The second-order valence-corrected chi connectivity index (χ2v) is 6.56. The quantitative estimate of drug-likeness (QED) is 0.749. The number of halogens is 2. The summed E-state index contributed by atoms with van der Waals surface area (Å²) >= 11 is 6.83. The van der Waals surface area contributed by atoms with Crippen LogP contribution in [0.5, 0.6) is 0 Å². The van der Waals surface area contributed by atoms with E-state index in [1.807, 2.05) is 18.2 Å². The molecule has 1 aliphatic carbocycles. The Kier molecular flexibility index (Phi) is 5.25. The molecule has 0 aromatic heterocycles. The second kappa shape index (κ2) is 6.71. The van der Waals surface area contributed by atoms with Gasteiger partial charge in [-0.2, -0.15) is 0 Å². The summed E-state index contributed by atoms with van der Waals surface area (Å²) in [6, 6.07) is 5.99. The predicted molar refractivity (Wildman–Crippen MR) is 80.8 cm³/mol. The van der Waals surface area contributed by atoms with E-state index in [1.54, 1.807) is 0 Å². The molecule has 98 valence electrons. The van der Waals surface area contributed by atoms with Gasteiger partial charge >= 0.3 is 0 Å². The Balaban J connectivity index is 2.02. The highest BCUT2D eigenvalue weighted by Crippen LogP contribution is 2.23. The largest absolute Gasteiger partial charge is 0.349 e. The third-order valence-corrected chi connectivity index (χ3v) is 4.52. The molecule has 0 atom stereocenters. The molecule has 0 aliphatic heterocycles. The molecule has 1 aromatic rings. The molecule has 0 saturated heterocycles. The van der Waals surface area contributed by atoms with Crippen molar-refractivity contribution in [3.63, 3.8) is 0 Å². The SMILES string of the molecule is O=C(NC1CCCCCC1)c1ccc(Br)cc1Br. The van der Waals surface area contributed by atoms with Crippen LogP contribution in [0.15, 0.2) is 27.1 Å². The average Bonchev–Trinajstić information content (AvgIpc) is 2.57. The first-order valence-corrected chi connectivity index (χ1v) is 8.01. The van der Waals surface area contributed by atoms with Gasteiger partial charge in [0.1, 0.15) is 0 Å². The third kappa shape index (κ3) is 3.82. The van der Waals surface area contributed by atoms with Crippen LogP contribution in [0.3, 0.4) is 0 Å². The van der Waals surface area contributed by atoms with Crippen LogP contribution in [-0.2, 0) is 0 Å². The minimum atomic E-state index is 0.0290. The number of benzene rings is 1. The van der Waals surface area contributed by atoms with Crippen LogP contribution in [0.4, 0.5) is 0 Å². The van der Waals surface area contributed by atoms with Crippen molar-refractivity contribution in [3.05, 3.63) is 32.7 Å². The highest BCUT2D eigenvalue weighted by Gasteiger charge is 2.17. The van der Waals surface area contributed by atoms with Crippen molar-refractivity contribution in [1.82, 2.24) is 5.32 Å². The molecule has 0 spiro atoms. The first-order valence-electron chi connectivity index (χ1n) is 6.43. The lowest BCUT2D eigenvalue weighted by molar-refractivity contribution is 0.0932. The van der Waals surface area contributed by atoms with E-state index < -0.39 is 0 Å². The number of carbonyl (C=O) groups excluding carboxylic acids is 1. The molecule has 1 N–H and O–H groups in total. The van der Waals surface area contributed by atoms with Gasteiger partial charge < -0.3 is 5.32 Å². The summed E-state index contributed by atoms with van der Waals surface area (Å²) in [6.07, 6.45) is 7.28. The molecule has 0 unspecified atom stereocenters. The van der Waals surface area contributed by atoms with Gasteiger partial charge in [0.2, 0.25) is 0 Å². The number of rotatable bonds is 2. The lowest BCUT2D eigenvalue weighted by atomic mass is 10.1. The zero-order valence-electron chi connectivity index (χ0n) is 10.2. The maximum atomic E-state index is 12.2. The zero-order chi connectivity index (χ0) is 13.0. The van der Waals surface area contributed by atoms with Crippen molar-refractivity contribution in [2.75, 3.05) is 0 Å². The summed E-state index contributed by atoms with van der Waals surface area (Å²) in [5.74, 6) is 0.0290. The Hall–Kier alpha value is -0.350. The van der Waals surface area contributed by atoms with E-state index >= 15 is 0 Å². The molecule has 0 radical (unpaired) electrons. The summed E-state index contributed by atoms with van der Waals surface area (Å²) in [5, 5.41) is 3.15. The molecule has 18 heavy (non-hydrogen) atoms. The lowest BCUT2D eigenvalue weighted by Gasteiger charge is -2.16. The van der Waals surface area contributed by atoms with Crippen LogP contribution in [0.25, 0.3) is 0 Å². The van der Waals surface area contributed by atoms with Crippen LogP contribution in [0, 0.1) is 0 Å². The number of carbonyl (C=O) groups is 1. The first kappa shape index (κ1) is 14.1. The number of hydrogen-bond donors (Lipinski definition) is 1. The Morgan fingerprint density at radius 2 is 1.78 bits per heavy atom. The maximum absolute atomic E-state index is 12.2. The van der Waals surface area contributed by atoms with E-state index in [1.165, 1.54) is 25.7 Å². The highest BCUT2D eigenvalue weighted by molar-refractivity contribution is 9.11. The number of amides is 1. The fourth-order valence-corrected chi connectivity index (χ4v) is 3.59. The Bertz CT molecular complexity index is 426. The van der Waals surface area contributed by atoms with Crippen LogP contribution >= 0.6 is 31.9 Å². The number of hydrogen-bond acceptors (Lipinski definition) is 1. The summed E-state index contributed by atoms with van der Waals surface area (Å²) in [6.45, 7) is 0. The Morgan fingerprint density at radius 1 is 1.11 bits per heavy atom. The van der Waals surface area contributed by atoms with Gasteiger partial charge in [0.15, 0.2) is 0 Å². The van der Waals surface area contributed by atoms with Crippen molar-refractivity contribution in [1.29, 1.82) is 0 Å². The molecule has 2 nitrogen and oxygen atoms in total. The van der Waals surface area contributed by atoms with Crippen LogP contribution in [-0.4, -0.2) is 11.9 Å². The zero-order valence-corrected chi connectivity index (χ0v) is 13.4. The fourth-order valence-electron chi connectivity index (χ4n) is 2.36. The molecule has 1 aromatic carbocycles. The van der Waals surface area contributed by atoms with Gasteiger partial charge in [-0.15, -0.1) is 0 Å². The van der Waals surface area contributed by atoms with E-state index in [-0.39, 0.29) is 5.91 Å². The molecule has 1 amide bonds. The van der Waals surface area contributed by atoms with Crippen molar-refractivity contribution >= 4 is 37.8 Å². The van der Waals surface area contributed by atoms with E-state index in [2.05, 4.69) is 37.2 Å². The molecule has 1 aliphatic rings.